The topological polar surface area (TPSA) is 74.8 Å². The summed E-state index contributed by atoms with van der Waals surface area (Å²) in [5.41, 5.74) is 1.66. The van der Waals surface area contributed by atoms with Crippen molar-refractivity contribution in [2.75, 3.05) is 36.0 Å². The van der Waals surface area contributed by atoms with Gasteiger partial charge in [0.25, 0.3) is 0 Å². The summed E-state index contributed by atoms with van der Waals surface area (Å²) >= 11 is 5.91. The summed E-state index contributed by atoms with van der Waals surface area (Å²) in [4.78, 5) is 33.6. The van der Waals surface area contributed by atoms with E-state index in [0.29, 0.717) is 31.1 Å². The number of hydrogen-bond acceptors (Lipinski definition) is 5. The van der Waals surface area contributed by atoms with Gasteiger partial charge in [-0.1, -0.05) is 17.7 Å². The highest BCUT2D eigenvalue weighted by Gasteiger charge is 2.37. The third-order valence-electron chi connectivity index (χ3n) is 5.50. The van der Waals surface area contributed by atoms with E-state index >= 15 is 0 Å². The lowest BCUT2D eigenvalue weighted by molar-refractivity contribution is -0.132. The number of halogens is 1. The highest BCUT2D eigenvalue weighted by atomic mass is 35.5. The Morgan fingerprint density at radius 3 is 2.73 bits per heavy atom. The van der Waals surface area contributed by atoms with Crippen molar-refractivity contribution in [1.29, 1.82) is 0 Å². The number of amides is 2. The van der Waals surface area contributed by atoms with Crippen molar-refractivity contribution in [1.82, 2.24) is 10.3 Å². The smallest absolute Gasteiger partial charge is 0.239 e. The van der Waals surface area contributed by atoms with E-state index in [1.54, 1.807) is 35.4 Å². The van der Waals surface area contributed by atoms with Crippen LogP contribution in [0.25, 0.3) is 0 Å². The van der Waals surface area contributed by atoms with Crippen LogP contribution in [-0.2, 0) is 20.9 Å². The normalized spacial score (nSPS) is 21.7. The molecule has 0 spiro atoms. The van der Waals surface area contributed by atoms with Crippen LogP contribution < -0.4 is 15.1 Å². The molecule has 2 aliphatic rings. The maximum atomic E-state index is 12.7. The molecular formula is C22H25ClN4O3. The molecule has 0 bridgehead atoms. The van der Waals surface area contributed by atoms with Crippen molar-refractivity contribution < 1.29 is 14.3 Å². The average Bonchev–Trinajstić information content (AvgIpc) is 3.14. The summed E-state index contributed by atoms with van der Waals surface area (Å²) in [5.74, 6) is -0.181. The number of ether oxygens (including phenoxy) is 1. The predicted octanol–water partition coefficient (Wildman–Crippen LogP) is 2.63. The van der Waals surface area contributed by atoms with Crippen LogP contribution in [0.3, 0.4) is 0 Å². The Morgan fingerprint density at radius 1 is 1.23 bits per heavy atom. The molecule has 7 nitrogen and oxygen atoms in total. The quantitative estimate of drug-likeness (QED) is 0.741. The first-order valence-electron chi connectivity index (χ1n) is 10.2. The van der Waals surface area contributed by atoms with E-state index in [4.69, 9.17) is 16.3 Å². The van der Waals surface area contributed by atoms with Gasteiger partial charge >= 0.3 is 0 Å². The van der Waals surface area contributed by atoms with Crippen molar-refractivity contribution in [3.05, 3.63) is 53.2 Å². The first-order valence-corrected chi connectivity index (χ1v) is 10.5. The van der Waals surface area contributed by atoms with E-state index in [-0.39, 0.29) is 17.9 Å². The maximum absolute atomic E-state index is 12.7. The van der Waals surface area contributed by atoms with E-state index in [2.05, 4.69) is 22.1 Å². The Hall–Kier alpha value is -2.64. The van der Waals surface area contributed by atoms with Gasteiger partial charge in [0.05, 0.1) is 12.7 Å². The number of rotatable bonds is 5. The number of anilines is 2. The van der Waals surface area contributed by atoms with Gasteiger partial charge in [-0.05, 0) is 49.2 Å². The Kier molecular flexibility index (Phi) is 6.20. The van der Waals surface area contributed by atoms with Crippen LogP contribution in [0.15, 0.2) is 42.6 Å². The fourth-order valence-electron chi connectivity index (χ4n) is 3.85. The zero-order valence-electron chi connectivity index (χ0n) is 16.9. The van der Waals surface area contributed by atoms with E-state index in [1.807, 2.05) is 12.1 Å². The predicted molar refractivity (Wildman–Crippen MR) is 116 cm³/mol. The summed E-state index contributed by atoms with van der Waals surface area (Å²) in [6.07, 6.45) is 2.46. The van der Waals surface area contributed by atoms with Gasteiger partial charge in [0.1, 0.15) is 11.7 Å². The third-order valence-corrected chi connectivity index (χ3v) is 5.75. The van der Waals surface area contributed by atoms with Crippen LogP contribution in [0.1, 0.15) is 18.9 Å². The number of nitrogens with zero attached hydrogens (tertiary/aromatic N) is 3. The molecule has 158 valence electrons. The number of carbonyl (C=O) groups excluding carboxylic acids is 2. The lowest BCUT2D eigenvalue weighted by atomic mass is 10.1. The summed E-state index contributed by atoms with van der Waals surface area (Å²) in [6.45, 7) is 5.25. The molecule has 1 aromatic heterocycles. The van der Waals surface area contributed by atoms with Gasteiger partial charge in [0.2, 0.25) is 11.8 Å². The lowest BCUT2D eigenvalue weighted by Gasteiger charge is -2.32. The molecule has 2 amide bonds. The second-order valence-corrected chi connectivity index (χ2v) is 8.11. The molecule has 2 aromatic rings. The average molecular weight is 429 g/mol. The third kappa shape index (κ3) is 4.57. The second-order valence-electron chi connectivity index (χ2n) is 7.68. The molecule has 1 N–H and O–H groups in total. The SMILES string of the molecule is CC1CN(c2ccc(CNC(=O)C3CCN(c4ccc(Cl)cc4)C3=O)cn2)CCO1. The van der Waals surface area contributed by atoms with Crippen molar-refractivity contribution in [2.24, 2.45) is 5.92 Å². The lowest BCUT2D eigenvalue weighted by Crippen LogP contribution is -2.41. The monoisotopic (exact) mass is 428 g/mol. The van der Waals surface area contributed by atoms with Crippen LogP contribution >= 0.6 is 11.6 Å². The number of hydrogen-bond donors (Lipinski definition) is 1. The van der Waals surface area contributed by atoms with Gasteiger partial charge in [0, 0.05) is 43.1 Å². The molecule has 3 heterocycles. The molecule has 0 radical (unpaired) electrons. The van der Waals surface area contributed by atoms with Crippen LogP contribution in [0.4, 0.5) is 11.5 Å². The van der Waals surface area contributed by atoms with Crippen LogP contribution in [0, 0.1) is 5.92 Å². The molecule has 0 saturated carbocycles. The Bertz CT molecular complexity index is 904. The Balaban J connectivity index is 1.31. The Labute approximate surface area is 181 Å². The maximum Gasteiger partial charge on any atom is 0.239 e. The first-order chi connectivity index (χ1) is 14.5. The molecule has 2 unspecified atom stereocenters. The number of carbonyl (C=O) groups is 2. The van der Waals surface area contributed by atoms with Crippen molar-refractivity contribution >= 4 is 34.9 Å². The summed E-state index contributed by atoms with van der Waals surface area (Å²) in [6, 6.07) is 11.0. The first kappa shape index (κ1) is 20.6. The summed E-state index contributed by atoms with van der Waals surface area (Å²) in [5, 5.41) is 3.49. The molecule has 2 saturated heterocycles. The highest BCUT2D eigenvalue weighted by molar-refractivity contribution is 6.30. The minimum atomic E-state index is -0.664. The van der Waals surface area contributed by atoms with Crippen LogP contribution in [0.5, 0.6) is 0 Å². The number of morpholine rings is 1. The number of pyridine rings is 1. The number of aromatic nitrogens is 1. The molecule has 1 aromatic carbocycles. The zero-order chi connectivity index (χ0) is 21.1. The largest absolute Gasteiger partial charge is 0.375 e. The van der Waals surface area contributed by atoms with E-state index in [9.17, 15) is 9.59 Å². The van der Waals surface area contributed by atoms with Gasteiger partial charge in [-0.15, -0.1) is 0 Å². The highest BCUT2D eigenvalue weighted by Crippen LogP contribution is 2.26. The fraction of sp³-hybridized carbons (Fsp3) is 0.409. The summed E-state index contributed by atoms with van der Waals surface area (Å²) in [7, 11) is 0. The van der Waals surface area contributed by atoms with E-state index in [1.165, 1.54) is 0 Å². The molecule has 2 aliphatic heterocycles. The van der Waals surface area contributed by atoms with Crippen molar-refractivity contribution in [2.45, 2.75) is 26.0 Å². The van der Waals surface area contributed by atoms with E-state index < -0.39 is 5.92 Å². The molecule has 30 heavy (non-hydrogen) atoms. The standard InChI is InChI=1S/C22H25ClN4O3/c1-15-14-26(10-11-30-15)20-7-2-16(12-24-20)13-25-21(28)19-8-9-27(22(19)29)18-5-3-17(23)4-6-18/h2-7,12,15,19H,8-11,13-14H2,1H3,(H,25,28). The van der Waals surface area contributed by atoms with Gasteiger partial charge in [-0.3, -0.25) is 9.59 Å². The minimum absolute atomic E-state index is 0.176. The fourth-order valence-corrected chi connectivity index (χ4v) is 3.97. The minimum Gasteiger partial charge on any atom is -0.375 e. The molecule has 2 atom stereocenters. The molecule has 0 aliphatic carbocycles. The van der Waals surface area contributed by atoms with E-state index in [0.717, 1.165) is 30.2 Å². The van der Waals surface area contributed by atoms with Crippen molar-refractivity contribution in [3.63, 3.8) is 0 Å². The number of nitrogens with one attached hydrogen (secondary N) is 1. The van der Waals surface area contributed by atoms with Gasteiger partial charge < -0.3 is 19.9 Å². The van der Waals surface area contributed by atoms with Crippen molar-refractivity contribution in [3.8, 4) is 0 Å². The summed E-state index contributed by atoms with van der Waals surface area (Å²) < 4.78 is 5.56. The molecular weight excluding hydrogens is 404 g/mol. The Morgan fingerprint density at radius 2 is 2.03 bits per heavy atom. The molecule has 2 fully saturated rings. The van der Waals surface area contributed by atoms with Crippen LogP contribution in [-0.4, -0.2) is 49.1 Å². The van der Waals surface area contributed by atoms with Gasteiger partial charge in [-0.25, -0.2) is 4.98 Å². The van der Waals surface area contributed by atoms with Gasteiger partial charge in [0.15, 0.2) is 0 Å². The molecule has 4 rings (SSSR count). The van der Waals surface area contributed by atoms with Crippen LogP contribution in [0.2, 0.25) is 5.02 Å². The zero-order valence-corrected chi connectivity index (χ0v) is 17.6. The number of benzene rings is 1. The molecule has 8 heteroatoms. The van der Waals surface area contributed by atoms with Gasteiger partial charge in [-0.2, -0.15) is 0 Å². The second kappa shape index (κ2) is 9.02.